The highest BCUT2D eigenvalue weighted by atomic mass is 79.9. The third-order valence-corrected chi connectivity index (χ3v) is 4.02. The monoisotopic (exact) mass is 362 g/mol. The third-order valence-electron chi connectivity index (χ3n) is 3.37. The molecule has 1 N–H and O–H groups in total. The summed E-state index contributed by atoms with van der Waals surface area (Å²) >= 11 is 3.44. The lowest BCUT2D eigenvalue weighted by Crippen LogP contribution is -2.18. The number of carboxylic acids is 1. The topological polar surface area (TPSA) is 46.5 Å². The number of rotatable bonds is 7. The molecule has 0 aliphatic rings. The van der Waals surface area contributed by atoms with E-state index < -0.39 is 12.1 Å². The molecule has 2 aromatic carbocycles. The van der Waals surface area contributed by atoms with Crippen molar-refractivity contribution in [3.63, 3.8) is 0 Å². The van der Waals surface area contributed by atoms with E-state index in [-0.39, 0.29) is 0 Å². The van der Waals surface area contributed by atoms with Crippen LogP contribution in [0.1, 0.15) is 36.1 Å². The van der Waals surface area contributed by atoms with Crippen LogP contribution in [0.15, 0.2) is 48.5 Å². The fraction of sp³-hybridized carbons (Fsp3) is 0.278. The first-order valence-corrected chi connectivity index (χ1v) is 8.40. The number of hydrogen-bond acceptors (Lipinski definition) is 2. The maximum absolute atomic E-state index is 11.6. The zero-order valence-corrected chi connectivity index (χ0v) is 14.0. The summed E-state index contributed by atoms with van der Waals surface area (Å²) in [7, 11) is 0. The highest BCUT2D eigenvalue weighted by molar-refractivity contribution is 9.08. The SMILES string of the molecule is CCCc1cc(CBr)ccc1OC(C(=O)O)c1ccccc1. The molecule has 0 aliphatic heterocycles. The average Bonchev–Trinajstić information content (AvgIpc) is 2.54. The molecule has 116 valence electrons. The normalized spacial score (nSPS) is 11.9. The largest absolute Gasteiger partial charge is 0.478 e. The molecule has 0 bridgehead atoms. The highest BCUT2D eigenvalue weighted by Crippen LogP contribution is 2.28. The van der Waals surface area contributed by atoms with Crippen LogP contribution < -0.4 is 4.74 Å². The number of carbonyl (C=O) groups is 1. The first kappa shape index (κ1) is 16.6. The molecule has 2 rings (SSSR count). The summed E-state index contributed by atoms with van der Waals surface area (Å²) in [4.78, 5) is 11.6. The summed E-state index contributed by atoms with van der Waals surface area (Å²) < 4.78 is 5.83. The Hall–Kier alpha value is -1.81. The summed E-state index contributed by atoms with van der Waals surface area (Å²) in [5.74, 6) is -0.346. The summed E-state index contributed by atoms with van der Waals surface area (Å²) in [6, 6.07) is 14.9. The molecular weight excluding hydrogens is 344 g/mol. The average molecular weight is 363 g/mol. The number of hydrogen-bond donors (Lipinski definition) is 1. The third kappa shape index (κ3) is 4.10. The van der Waals surface area contributed by atoms with Crippen LogP contribution in [0.3, 0.4) is 0 Å². The predicted molar refractivity (Wildman–Crippen MR) is 90.5 cm³/mol. The van der Waals surface area contributed by atoms with E-state index in [1.165, 1.54) is 0 Å². The van der Waals surface area contributed by atoms with Gasteiger partial charge in [0.1, 0.15) is 5.75 Å². The Balaban J connectivity index is 2.32. The minimum Gasteiger partial charge on any atom is -0.478 e. The molecule has 1 atom stereocenters. The Bertz CT molecular complexity index is 625. The van der Waals surface area contributed by atoms with Gasteiger partial charge < -0.3 is 9.84 Å². The lowest BCUT2D eigenvalue weighted by Gasteiger charge is -2.18. The quantitative estimate of drug-likeness (QED) is 0.723. The maximum atomic E-state index is 11.6. The van der Waals surface area contributed by atoms with Crippen molar-refractivity contribution in [2.24, 2.45) is 0 Å². The summed E-state index contributed by atoms with van der Waals surface area (Å²) in [5.41, 5.74) is 2.84. The van der Waals surface area contributed by atoms with Gasteiger partial charge >= 0.3 is 5.97 Å². The number of ether oxygens (including phenoxy) is 1. The van der Waals surface area contributed by atoms with Crippen molar-refractivity contribution in [2.75, 3.05) is 0 Å². The molecule has 2 aromatic rings. The van der Waals surface area contributed by atoms with Crippen molar-refractivity contribution in [1.29, 1.82) is 0 Å². The molecule has 0 fully saturated rings. The van der Waals surface area contributed by atoms with Gasteiger partial charge in [-0.1, -0.05) is 71.7 Å². The minimum atomic E-state index is -0.994. The van der Waals surface area contributed by atoms with Crippen LogP contribution in [0.25, 0.3) is 0 Å². The lowest BCUT2D eigenvalue weighted by atomic mass is 10.1. The zero-order chi connectivity index (χ0) is 15.9. The van der Waals surface area contributed by atoms with E-state index in [2.05, 4.69) is 28.9 Å². The fourth-order valence-electron chi connectivity index (χ4n) is 2.31. The minimum absolute atomic E-state index is 0.641. The van der Waals surface area contributed by atoms with Crippen molar-refractivity contribution in [3.05, 3.63) is 65.2 Å². The molecule has 22 heavy (non-hydrogen) atoms. The van der Waals surface area contributed by atoms with Gasteiger partial charge in [0.05, 0.1) is 0 Å². The van der Waals surface area contributed by atoms with Gasteiger partial charge in [-0.15, -0.1) is 0 Å². The smallest absolute Gasteiger partial charge is 0.349 e. The molecular formula is C18H19BrO3. The maximum Gasteiger partial charge on any atom is 0.349 e. The molecule has 0 aromatic heterocycles. The van der Waals surface area contributed by atoms with E-state index in [1.807, 2.05) is 30.3 Å². The molecule has 0 heterocycles. The summed E-state index contributed by atoms with van der Waals surface area (Å²) in [5, 5.41) is 10.2. The summed E-state index contributed by atoms with van der Waals surface area (Å²) in [6.07, 6.45) is 0.842. The second kappa shape index (κ2) is 7.99. The van der Waals surface area contributed by atoms with Gasteiger partial charge in [0.15, 0.2) is 0 Å². The second-order valence-electron chi connectivity index (χ2n) is 5.07. The molecule has 0 spiro atoms. The van der Waals surface area contributed by atoms with E-state index in [4.69, 9.17) is 4.74 Å². The van der Waals surface area contributed by atoms with E-state index in [9.17, 15) is 9.90 Å². The predicted octanol–water partition coefficient (Wildman–Crippen LogP) is 4.74. The number of alkyl halides is 1. The van der Waals surface area contributed by atoms with Gasteiger partial charge in [0, 0.05) is 10.9 Å². The Morgan fingerprint density at radius 2 is 1.95 bits per heavy atom. The number of carboxylic acid groups (broad SMARTS) is 1. The van der Waals surface area contributed by atoms with Crippen LogP contribution in [-0.4, -0.2) is 11.1 Å². The molecule has 0 saturated heterocycles. The van der Waals surface area contributed by atoms with Crippen LogP contribution in [0.4, 0.5) is 0 Å². The van der Waals surface area contributed by atoms with Gasteiger partial charge in [-0.05, 0) is 23.6 Å². The van der Waals surface area contributed by atoms with Gasteiger partial charge in [-0.3, -0.25) is 0 Å². The second-order valence-corrected chi connectivity index (χ2v) is 5.63. The molecule has 0 aliphatic carbocycles. The number of benzene rings is 2. The van der Waals surface area contributed by atoms with Crippen molar-refractivity contribution < 1.29 is 14.6 Å². The Labute approximate surface area is 139 Å². The zero-order valence-electron chi connectivity index (χ0n) is 12.5. The Morgan fingerprint density at radius 1 is 1.23 bits per heavy atom. The molecule has 1 unspecified atom stereocenters. The molecule has 0 saturated carbocycles. The number of aliphatic carboxylic acids is 1. The van der Waals surface area contributed by atoms with E-state index in [0.29, 0.717) is 11.3 Å². The molecule has 0 radical (unpaired) electrons. The van der Waals surface area contributed by atoms with Crippen LogP contribution >= 0.6 is 15.9 Å². The Kier molecular flexibility index (Phi) is 6.01. The first-order chi connectivity index (χ1) is 10.7. The van der Waals surface area contributed by atoms with Gasteiger partial charge in [-0.2, -0.15) is 0 Å². The fourth-order valence-corrected chi connectivity index (χ4v) is 2.66. The van der Waals surface area contributed by atoms with E-state index in [1.54, 1.807) is 12.1 Å². The van der Waals surface area contributed by atoms with Gasteiger partial charge in [0.25, 0.3) is 0 Å². The van der Waals surface area contributed by atoms with Crippen molar-refractivity contribution in [2.45, 2.75) is 31.2 Å². The molecule has 0 amide bonds. The number of aryl methyl sites for hydroxylation is 1. The van der Waals surface area contributed by atoms with Crippen molar-refractivity contribution in [3.8, 4) is 5.75 Å². The van der Waals surface area contributed by atoms with E-state index >= 15 is 0 Å². The number of halogens is 1. The standard InChI is InChI=1S/C18H19BrO3/c1-2-6-15-11-13(12-19)9-10-16(15)22-17(18(20)21)14-7-4-3-5-8-14/h3-5,7-11,17H,2,6,12H2,1H3,(H,20,21). The van der Waals surface area contributed by atoms with Crippen molar-refractivity contribution in [1.82, 2.24) is 0 Å². The highest BCUT2D eigenvalue weighted by Gasteiger charge is 2.22. The van der Waals surface area contributed by atoms with Crippen LogP contribution in [-0.2, 0) is 16.5 Å². The lowest BCUT2D eigenvalue weighted by molar-refractivity contribution is -0.145. The van der Waals surface area contributed by atoms with E-state index in [0.717, 1.165) is 29.3 Å². The molecule has 4 heteroatoms. The van der Waals surface area contributed by atoms with Crippen LogP contribution in [0.2, 0.25) is 0 Å². The molecule has 3 nitrogen and oxygen atoms in total. The van der Waals surface area contributed by atoms with Crippen molar-refractivity contribution >= 4 is 21.9 Å². The van der Waals surface area contributed by atoms with Crippen LogP contribution in [0, 0.1) is 0 Å². The van der Waals surface area contributed by atoms with Gasteiger partial charge in [-0.25, -0.2) is 4.79 Å². The summed E-state index contributed by atoms with van der Waals surface area (Å²) in [6.45, 7) is 2.09. The Morgan fingerprint density at radius 3 is 2.55 bits per heavy atom. The van der Waals surface area contributed by atoms with Gasteiger partial charge in [0.2, 0.25) is 6.10 Å². The first-order valence-electron chi connectivity index (χ1n) is 7.28. The van der Waals surface area contributed by atoms with Crippen LogP contribution in [0.5, 0.6) is 5.75 Å².